The van der Waals surface area contributed by atoms with E-state index in [9.17, 15) is 15.2 Å². The van der Waals surface area contributed by atoms with Crippen LogP contribution in [0.25, 0.3) is 11.5 Å². The van der Waals surface area contributed by atoms with Gasteiger partial charge in [-0.2, -0.15) is 10.4 Å². The lowest BCUT2D eigenvalue weighted by Crippen LogP contribution is -2.05. The molecule has 2 heterocycles. The molecule has 0 amide bonds. The average molecular weight is 313 g/mol. The fourth-order valence-electron chi connectivity index (χ4n) is 2.14. The lowest BCUT2D eigenvalue weighted by Gasteiger charge is -2.08. The van der Waals surface area contributed by atoms with Gasteiger partial charge in [-0.25, -0.2) is 9.48 Å². The average Bonchev–Trinajstić information content (AvgIpc) is 3.14. The van der Waals surface area contributed by atoms with E-state index in [2.05, 4.69) is 5.10 Å². The highest BCUT2D eigenvalue weighted by Crippen LogP contribution is 2.23. The monoisotopic (exact) mass is 312 g/mol. The number of carboxylic acid groups (broad SMARTS) is 1. The molecule has 0 aliphatic carbocycles. The second kappa shape index (κ2) is 5.39. The largest absolute Gasteiger partial charge is 0.476 e. The van der Waals surface area contributed by atoms with Crippen LogP contribution in [-0.2, 0) is 0 Å². The van der Waals surface area contributed by atoms with Crippen molar-refractivity contribution in [1.82, 2.24) is 14.3 Å². The summed E-state index contributed by atoms with van der Waals surface area (Å²) in [5.41, 5.74) is 0.317. The fraction of sp³-hybridized carbons (Fsp3) is 0. The number of benzene rings is 1. The number of halogens is 1. The molecule has 0 spiro atoms. The standard InChI is InChI=1S/C15H9ClN4O2/c16-10-3-5-11(6-4-10)20-14(19-7-1-2-8-19)12(9-17)13(18-20)15(21)22/h1-8H,(H,21,22). The number of hydrogen-bond acceptors (Lipinski definition) is 3. The Kier molecular flexibility index (Phi) is 3.41. The van der Waals surface area contributed by atoms with Gasteiger partial charge in [0.05, 0.1) is 5.69 Å². The molecular weight excluding hydrogens is 304 g/mol. The number of carboxylic acids is 1. The number of rotatable bonds is 3. The van der Waals surface area contributed by atoms with Crippen molar-refractivity contribution in [3.63, 3.8) is 0 Å². The van der Waals surface area contributed by atoms with E-state index in [0.29, 0.717) is 16.5 Å². The van der Waals surface area contributed by atoms with E-state index in [-0.39, 0.29) is 11.3 Å². The number of nitriles is 1. The second-order valence-corrected chi connectivity index (χ2v) is 4.88. The highest BCUT2D eigenvalue weighted by molar-refractivity contribution is 6.30. The van der Waals surface area contributed by atoms with Crippen LogP contribution in [0.4, 0.5) is 0 Å². The SMILES string of the molecule is N#Cc1c(C(=O)O)nn(-c2ccc(Cl)cc2)c1-n1cccc1. The molecule has 3 aromatic rings. The summed E-state index contributed by atoms with van der Waals surface area (Å²) in [6.45, 7) is 0. The minimum absolute atomic E-state index is 0.00125. The van der Waals surface area contributed by atoms with Crippen molar-refractivity contribution in [2.45, 2.75) is 0 Å². The molecule has 6 nitrogen and oxygen atoms in total. The Morgan fingerprint density at radius 1 is 1.23 bits per heavy atom. The molecule has 0 aliphatic rings. The summed E-state index contributed by atoms with van der Waals surface area (Å²) in [7, 11) is 0. The minimum atomic E-state index is -1.25. The van der Waals surface area contributed by atoms with Gasteiger partial charge in [-0.1, -0.05) is 11.6 Å². The molecule has 0 fully saturated rings. The summed E-state index contributed by atoms with van der Waals surface area (Å²) >= 11 is 5.87. The van der Waals surface area contributed by atoms with Gasteiger partial charge in [0.1, 0.15) is 11.6 Å². The predicted molar refractivity (Wildman–Crippen MR) is 79.6 cm³/mol. The van der Waals surface area contributed by atoms with E-state index >= 15 is 0 Å². The molecular formula is C15H9ClN4O2. The summed E-state index contributed by atoms with van der Waals surface area (Å²) in [6.07, 6.45) is 3.44. The lowest BCUT2D eigenvalue weighted by atomic mass is 10.2. The normalized spacial score (nSPS) is 10.4. The van der Waals surface area contributed by atoms with Gasteiger partial charge in [-0.15, -0.1) is 0 Å². The highest BCUT2D eigenvalue weighted by atomic mass is 35.5. The maximum absolute atomic E-state index is 11.3. The number of carbonyl (C=O) groups is 1. The molecule has 0 saturated heterocycles. The first-order chi connectivity index (χ1) is 10.6. The topological polar surface area (TPSA) is 83.8 Å². The van der Waals surface area contributed by atoms with Crippen molar-refractivity contribution < 1.29 is 9.90 Å². The van der Waals surface area contributed by atoms with Crippen molar-refractivity contribution in [1.29, 1.82) is 5.26 Å². The van der Waals surface area contributed by atoms with Crippen molar-refractivity contribution in [2.75, 3.05) is 0 Å². The number of aromatic carboxylic acids is 1. The van der Waals surface area contributed by atoms with Gasteiger partial charge in [0, 0.05) is 17.4 Å². The Bertz CT molecular complexity index is 874. The van der Waals surface area contributed by atoms with Gasteiger partial charge in [0.15, 0.2) is 11.5 Å². The van der Waals surface area contributed by atoms with E-state index < -0.39 is 5.97 Å². The number of hydrogen-bond donors (Lipinski definition) is 1. The van der Waals surface area contributed by atoms with Crippen LogP contribution in [0, 0.1) is 11.3 Å². The van der Waals surface area contributed by atoms with Crippen LogP contribution in [-0.4, -0.2) is 25.4 Å². The van der Waals surface area contributed by atoms with Gasteiger partial charge in [-0.3, -0.25) is 0 Å². The van der Waals surface area contributed by atoms with Crippen LogP contribution >= 0.6 is 11.6 Å². The Labute approximate surface area is 130 Å². The molecule has 1 aromatic carbocycles. The van der Waals surface area contributed by atoms with Crippen LogP contribution in [0.2, 0.25) is 5.02 Å². The first-order valence-electron chi connectivity index (χ1n) is 6.27. The number of nitrogens with zero attached hydrogens (tertiary/aromatic N) is 4. The summed E-state index contributed by atoms with van der Waals surface area (Å²) in [6, 6.07) is 12.2. The Hall–Kier alpha value is -3.04. The number of aromatic nitrogens is 3. The van der Waals surface area contributed by atoms with Crippen molar-refractivity contribution in [2.24, 2.45) is 0 Å². The van der Waals surface area contributed by atoms with Crippen molar-refractivity contribution >= 4 is 17.6 Å². The van der Waals surface area contributed by atoms with Crippen LogP contribution in [0.15, 0.2) is 48.8 Å². The smallest absolute Gasteiger partial charge is 0.357 e. The summed E-state index contributed by atoms with van der Waals surface area (Å²) in [5, 5.41) is 23.2. The molecule has 0 atom stereocenters. The maximum atomic E-state index is 11.3. The van der Waals surface area contributed by atoms with E-state index in [1.807, 2.05) is 6.07 Å². The van der Waals surface area contributed by atoms with Crippen molar-refractivity contribution in [3.8, 4) is 17.6 Å². The molecule has 0 bridgehead atoms. The minimum Gasteiger partial charge on any atom is -0.476 e. The molecule has 1 N–H and O–H groups in total. The van der Waals surface area contributed by atoms with Crippen LogP contribution < -0.4 is 0 Å². The van der Waals surface area contributed by atoms with Gasteiger partial charge in [0.25, 0.3) is 0 Å². The first kappa shape index (κ1) is 13.9. The molecule has 2 aromatic heterocycles. The zero-order chi connectivity index (χ0) is 15.7. The van der Waals surface area contributed by atoms with E-state index in [0.717, 1.165) is 0 Å². The van der Waals surface area contributed by atoms with Gasteiger partial charge >= 0.3 is 5.97 Å². The third-order valence-corrected chi connectivity index (χ3v) is 3.35. The van der Waals surface area contributed by atoms with E-state index in [4.69, 9.17) is 11.6 Å². The molecule has 0 unspecified atom stereocenters. The molecule has 108 valence electrons. The summed E-state index contributed by atoms with van der Waals surface area (Å²) < 4.78 is 3.06. The zero-order valence-electron chi connectivity index (χ0n) is 11.1. The van der Waals surface area contributed by atoms with Gasteiger partial charge in [-0.05, 0) is 36.4 Å². The van der Waals surface area contributed by atoms with Crippen LogP contribution in [0.3, 0.4) is 0 Å². The third-order valence-electron chi connectivity index (χ3n) is 3.10. The van der Waals surface area contributed by atoms with Crippen LogP contribution in [0.1, 0.15) is 16.1 Å². The molecule has 3 rings (SSSR count). The van der Waals surface area contributed by atoms with E-state index in [1.165, 1.54) is 4.68 Å². The van der Waals surface area contributed by atoms with E-state index in [1.54, 1.807) is 53.4 Å². The Morgan fingerprint density at radius 3 is 2.41 bits per heavy atom. The maximum Gasteiger partial charge on any atom is 0.357 e. The second-order valence-electron chi connectivity index (χ2n) is 4.44. The van der Waals surface area contributed by atoms with Crippen molar-refractivity contribution in [3.05, 3.63) is 65.1 Å². The molecule has 7 heteroatoms. The lowest BCUT2D eigenvalue weighted by molar-refractivity contribution is 0.0689. The molecule has 0 saturated carbocycles. The third kappa shape index (κ3) is 2.24. The Balaban J connectivity index is 2.32. The molecule has 0 radical (unpaired) electrons. The van der Waals surface area contributed by atoms with Crippen LogP contribution in [0.5, 0.6) is 0 Å². The molecule has 22 heavy (non-hydrogen) atoms. The first-order valence-corrected chi connectivity index (χ1v) is 6.65. The zero-order valence-corrected chi connectivity index (χ0v) is 11.9. The van der Waals surface area contributed by atoms with Gasteiger partial charge < -0.3 is 9.67 Å². The fourth-order valence-corrected chi connectivity index (χ4v) is 2.26. The van der Waals surface area contributed by atoms with Gasteiger partial charge in [0.2, 0.25) is 0 Å². The predicted octanol–water partition coefficient (Wildman–Crippen LogP) is 2.89. The summed E-state index contributed by atoms with van der Waals surface area (Å²) in [4.78, 5) is 11.3. The Morgan fingerprint density at radius 2 is 1.86 bits per heavy atom. The summed E-state index contributed by atoms with van der Waals surface area (Å²) in [5.74, 6) is -0.884. The highest BCUT2D eigenvalue weighted by Gasteiger charge is 2.24. The molecule has 0 aliphatic heterocycles. The quantitative estimate of drug-likeness (QED) is 0.806.